The summed E-state index contributed by atoms with van der Waals surface area (Å²) < 4.78 is 0. The molecule has 0 unspecified atom stereocenters. The smallest absolute Gasteiger partial charge is 0.292 e. The Kier molecular flexibility index (Phi) is 3.91. The summed E-state index contributed by atoms with van der Waals surface area (Å²) in [6.07, 6.45) is 4.05. The molecule has 1 amide bonds. The second-order valence-corrected chi connectivity index (χ2v) is 5.42. The lowest BCUT2D eigenvalue weighted by Gasteiger charge is -2.10. The summed E-state index contributed by atoms with van der Waals surface area (Å²) in [5, 5.41) is 20.4. The Labute approximate surface area is 128 Å². The van der Waals surface area contributed by atoms with E-state index in [1.807, 2.05) is 0 Å². The summed E-state index contributed by atoms with van der Waals surface area (Å²) in [6, 6.07) is 6.66. The number of phenolic OH excluding ortho intramolecular Hbond substituents is 1. The zero-order chi connectivity index (χ0) is 15.5. The van der Waals surface area contributed by atoms with E-state index in [4.69, 9.17) is 0 Å². The van der Waals surface area contributed by atoms with Crippen molar-refractivity contribution in [3.8, 4) is 5.75 Å². The lowest BCUT2D eigenvalue weighted by atomic mass is 9.96. The molecule has 1 aromatic heterocycles. The van der Waals surface area contributed by atoms with Crippen LogP contribution in [0.2, 0.25) is 0 Å². The summed E-state index contributed by atoms with van der Waals surface area (Å²) in [6.45, 7) is 1.80. The molecule has 0 aliphatic heterocycles. The number of hydrogen-bond acceptors (Lipinski definition) is 4. The average molecular weight is 298 g/mol. The van der Waals surface area contributed by atoms with Crippen molar-refractivity contribution in [3.05, 3.63) is 46.8 Å². The van der Waals surface area contributed by atoms with Gasteiger partial charge in [0.2, 0.25) is 0 Å². The highest BCUT2D eigenvalue weighted by Crippen LogP contribution is 2.22. The van der Waals surface area contributed by atoms with Crippen molar-refractivity contribution in [3.63, 3.8) is 0 Å². The van der Waals surface area contributed by atoms with Gasteiger partial charge in [-0.2, -0.15) is 10.2 Å². The van der Waals surface area contributed by atoms with Crippen molar-refractivity contribution >= 4 is 11.6 Å². The summed E-state index contributed by atoms with van der Waals surface area (Å²) in [5.41, 5.74) is 6.57. The van der Waals surface area contributed by atoms with Gasteiger partial charge in [0.25, 0.3) is 5.91 Å². The number of aromatic nitrogens is 2. The van der Waals surface area contributed by atoms with E-state index in [-0.39, 0.29) is 11.7 Å². The third kappa shape index (κ3) is 2.86. The quantitative estimate of drug-likeness (QED) is 0.599. The van der Waals surface area contributed by atoms with Gasteiger partial charge in [0.15, 0.2) is 5.69 Å². The second kappa shape index (κ2) is 6.01. The molecule has 0 bridgehead atoms. The molecule has 3 N–H and O–H groups in total. The van der Waals surface area contributed by atoms with Crippen LogP contribution < -0.4 is 5.43 Å². The van der Waals surface area contributed by atoms with Crippen molar-refractivity contribution in [2.75, 3.05) is 0 Å². The standard InChI is InChI=1S/C16H18N4O2/c1-10(11-6-8-12(21)9-7-11)17-20-16(22)15-13-4-2-3-5-14(13)18-19-15/h6-9,21H,2-5H2,1H3,(H,18,19)(H,20,22)/b17-10+. The maximum Gasteiger partial charge on any atom is 0.292 e. The summed E-state index contributed by atoms with van der Waals surface area (Å²) in [7, 11) is 0. The van der Waals surface area contributed by atoms with E-state index in [0.29, 0.717) is 11.4 Å². The molecule has 0 atom stereocenters. The predicted molar refractivity (Wildman–Crippen MR) is 83.0 cm³/mol. The van der Waals surface area contributed by atoms with Crippen LogP contribution in [0.25, 0.3) is 0 Å². The topological polar surface area (TPSA) is 90.4 Å². The van der Waals surface area contributed by atoms with Gasteiger partial charge in [0, 0.05) is 11.3 Å². The van der Waals surface area contributed by atoms with Crippen LogP contribution in [-0.2, 0) is 12.8 Å². The molecule has 6 nitrogen and oxygen atoms in total. The van der Waals surface area contributed by atoms with Crippen LogP contribution in [-0.4, -0.2) is 26.9 Å². The number of hydrogen-bond donors (Lipinski definition) is 3. The SMILES string of the molecule is C/C(=N\NC(=O)c1n[nH]c2c1CCCC2)c1ccc(O)cc1. The number of nitrogens with one attached hydrogen (secondary N) is 2. The number of nitrogens with zero attached hydrogens (tertiary/aromatic N) is 2. The zero-order valence-corrected chi connectivity index (χ0v) is 12.4. The van der Waals surface area contributed by atoms with Gasteiger partial charge >= 0.3 is 0 Å². The number of H-pyrrole nitrogens is 1. The first-order chi connectivity index (χ1) is 10.6. The van der Waals surface area contributed by atoms with Crippen LogP contribution in [0.5, 0.6) is 5.75 Å². The lowest BCUT2D eigenvalue weighted by Crippen LogP contribution is -2.21. The van der Waals surface area contributed by atoms with Crippen LogP contribution in [0.4, 0.5) is 0 Å². The Hall–Kier alpha value is -2.63. The van der Waals surface area contributed by atoms with E-state index in [0.717, 1.165) is 42.5 Å². The van der Waals surface area contributed by atoms with Crippen LogP contribution in [0, 0.1) is 0 Å². The highest BCUT2D eigenvalue weighted by Gasteiger charge is 2.21. The normalized spacial score (nSPS) is 14.5. The zero-order valence-electron chi connectivity index (χ0n) is 12.4. The molecule has 1 aliphatic rings. The fourth-order valence-electron chi connectivity index (χ4n) is 2.62. The van der Waals surface area contributed by atoms with E-state index >= 15 is 0 Å². The van der Waals surface area contributed by atoms with Gasteiger partial charge in [0.1, 0.15) is 5.75 Å². The number of amides is 1. The summed E-state index contributed by atoms with van der Waals surface area (Å²) >= 11 is 0. The largest absolute Gasteiger partial charge is 0.508 e. The van der Waals surface area contributed by atoms with Gasteiger partial charge in [0.05, 0.1) is 5.71 Å². The van der Waals surface area contributed by atoms with Crippen LogP contribution in [0.3, 0.4) is 0 Å². The number of rotatable bonds is 3. The molecule has 1 heterocycles. The molecule has 3 rings (SSSR count). The van der Waals surface area contributed by atoms with Gasteiger partial charge in [-0.05, 0) is 62.4 Å². The molecule has 0 spiro atoms. The third-order valence-electron chi connectivity index (χ3n) is 3.88. The maximum absolute atomic E-state index is 12.2. The van der Waals surface area contributed by atoms with E-state index < -0.39 is 0 Å². The Morgan fingerprint density at radius 1 is 1.27 bits per heavy atom. The molecule has 1 aromatic carbocycles. The molecule has 0 saturated heterocycles. The first-order valence-corrected chi connectivity index (χ1v) is 7.35. The highest BCUT2D eigenvalue weighted by atomic mass is 16.3. The van der Waals surface area contributed by atoms with E-state index in [9.17, 15) is 9.90 Å². The monoisotopic (exact) mass is 298 g/mol. The molecule has 114 valence electrons. The van der Waals surface area contributed by atoms with Crippen LogP contribution in [0.1, 0.15) is 47.1 Å². The van der Waals surface area contributed by atoms with Crippen molar-refractivity contribution < 1.29 is 9.90 Å². The Morgan fingerprint density at radius 3 is 2.77 bits per heavy atom. The lowest BCUT2D eigenvalue weighted by molar-refractivity contribution is 0.0948. The number of aryl methyl sites for hydroxylation is 1. The molecule has 0 fully saturated rings. The maximum atomic E-state index is 12.2. The predicted octanol–water partition coefficient (Wildman–Crippen LogP) is 2.15. The molecular formula is C16H18N4O2. The minimum absolute atomic E-state index is 0.198. The van der Waals surface area contributed by atoms with Crippen molar-refractivity contribution in [2.45, 2.75) is 32.6 Å². The van der Waals surface area contributed by atoms with Crippen LogP contribution >= 0.6 is 0 Å². The molecule has 0 radical (unpaired) electrons. The van der Waals surface area contributed by atoms with Gasteiger partial charge in [-0.3, -0.25) is 9.89 Å². The number of aromatic hydroxyl groups is 1. The average Bonchev–Trinajstić information content (AvgIpc) is 2.97. The number of fused-ring (bicyclic) bond motifs is 1. The van der Waals surface area contributed by atoms with E-state index in [1.165, 1.54) is 0 Å². The Balaban J connectivity index is 1.73. The van der Waals surface area contributed by atoms with Crippen molar-refractivity contribution in [2.24, 2.45) is 5.10 Å². The number of aromatic amines is 1. The Morgan fingerprint density at radius 2 is 2.00 bits per heavy atom. The third-order valence-corrected chi connectivity index (χ3v) is 3.88. The molecule has 0 saturated carbocycles. The van der Waals surface area contributed by atoms with Gasteiger partial charge in [-0.1, -0.05) is 0 Å². The number of carbonyl (C=O) groups excluding carboxylic acids is 1. The first kappa shape index (κ1) is 14.3. The highest BCUT2D eigenvalue weighted by molar-refractivity contribution is 6.00. The summed E-state index contributed by atoms with van der Waals surface area (Å²) in [5.74, 6) is -0.0961. The molecule has 22 heavy (non-hydrogen) atoms. The van der Waals surface area contributed by atoms with Gasteiger partial charge in [-0.25, -0.2) is 5.43 Å². The van der Waals surface area contributed by atoms with E-state index in [2.05, 4.69) is 20.7 Å². The minimum Gasteiger partial charge on any atom is -0.508 e. The fourth-order valence-corrected chi connectivity index (χ4v) is 2.62. The molecule has 1 aliphatic carbocycles. The second-order valence-electron chi connectivity index (χ2n) is 5.42. The number of phenols is 1. The van der Waals surface area contributed by atoms with Crippen molar-refractivity contribution in [1.82, 2.24) is 15.6 Å². The number of carbonyl (C=O) groups is 1. The molecular weight excluding hydrogens is 280 g/mol. The first-order valence-electron chi connectivity index (χ1n) is 7.35. The molecule has 6 heteroatoms. The Bertz CT molecular complexity index is 716. The molecule has 2 aromatic rings. The van der Waals surface area contributed by atoms with Crippen LogP contribution in [0.15, 0.2) is 29.4 Å². The van der Waals surface area contributed by atoms with E-state index in [1.54, 1.807) is 31.2 Å². The fraction of sp³-hybridized carbons (Fsp3) is 0.312. The minimum atomic E-state index is -0.294. The summed E-state index contributed by atoms with van der Waals surface area (Å²) in [4.78, 5) is 12.2. The van der Waals surface area contributed by atoms with Gasteiger partial charge < -0.3 is 5.11 Å². The van der Waals surface area contributed by atoms with Crippen molar-refractivity contribution in [1.29, 1.82) is 0 Å². The van der Waals surface area contributed by atoms with Gasteiger partial charge in [-0.15, -0.1) is 0 Å². The number of hydrazone groups is 1. The number of benzene rings is 1.